The SMILES string of the molecule is CCOC(=O)N1CCN(C2CCN(C(=O)[C@@H](Cc3ccc(O)c(Br)c3)OC(=O)N3CCC(N4CCc5ccccc5NC4=O)CC3)CC2)C(C)C1. The third kappa shape index (κ3) is 8.71. The Morgan fingerprint density at radius 3 is 2.31 bits per heavy atom. The van der Waals surface area contributed by atoms with Crippen molar-refractivity contribution in [3.05, 3.63) is 58.1 Å². The second kappa shape index (κ2) is 16.5. The number of nitrogens with zero attached hydrogens (tertiary/aromatic N) is 5. The zero-order valence-corrected chi connectivity index (χ0v) is 31.1. The molecule has 0 aromatic heterocycles. The van der Waals surface area contributed by atoms with Crippen LogP contribution in [0.5, 0.6) is 5.75 Å². The van der Waals surface area contributed by atoms with E-state index in [1.54, 1.807) is 32.9 Å². The van der Waals surface area contributed by atoms with Crippen LogP contribution in [0.15, 0.2) is 46.9 Å². The molecule has 4 aliphatic rings. The summed E-state index contributed by atoms with van der Waals surface area (Å²) < 4.78 is 11.7. The van der Waals surface area contributed by atoms with E-state index >= 15 is 0 Å². The van der Waals surface area contributed by atoms with Crippen molar-refractivity contribution in [1.82, 2.24) is 24.5 Å². The highest BCUT2D eigenvalue weighted by Crippen LogP contribution is 2.28. The van der Waals surface area contributed by atoms with E-state index in [1.165, 1.54) is 0 Å². The molecule has 0 spiro atoms. The fourth-order valence-corrected chi connectivity index (χ4v) is 8.31. The minimum Gasteiger partial charge on any atom is -0.507 e. The summed E-state index contributed by atoms with van der Waals surface area (Å²) in [6.45, 7) is 8.77. The summed E-state index contributed by atoms with van der Waals surface area (Å²) in [6, 6.07) is 13.2. The number of piperidine rings is 2. The monoisotopic (exact) mass is 768 g/mol. The van der Waals surface area contributed by atoms with Gasteiger partial charge in [-0.2, -0.15) is 0 Å². The molecule has 3 fully saturated rings. The lowest BCUT2D eigenvalue weighted by Gasteiger charge is -2.46. The summed E-state index contributed by atoms with van der Waals surface area (Å²) in [4.78, 5) is 62.5. The van der Waals surface area contributed by atoms with E-state index in [9.17, 15) is 24.3 Å². The fraction of sp³-hybridized carbons (Fsp3) is 0.568. The number of phenolic OH excluding ortho intramolecular Hbond substituents is 1. The predicted octanol–water partition coefficient (Wildman–Crippen LogP) is 4.91. The highest BCUT2D eigenvalue weighted by molar-refractivity contribution is 9.10. The molecule has 0 aliphatic carbocycles. The molecule has 276 valence electrons. The number of nitrogens with one attached hydrogen (secondary N) is 1. The average Bonchev–Trinajstić information content (AvgIpc) is 3.30. The van der Waals surface area contributed by atoms with Crippen molar-refractivity contribution in [2.75, 3.05) is 64.3 Å². The molecule has 2 N–H and O–H groups in total. The number of fused-ring (bicyclic) bond motifs is 1. The largest absolute Gasteiger partial charge is 0.507 e. The number of amides is 5. The smallest absolute Gasteiger partial charge is 0.410 e. The molecule has 4 aliphatic heterocycles. The second-order valence-electron chi connectivity index (χ2n) is 13.9. The van der Waals surface area contributed by atoms with Crippen LogP contribution in [-0.2, 0) is 27.1 Å². The number of anilines is 1. The lowest BCUT2D eigenvalue weighted by molar-refractivity contribution is -0.142. The van der Waals surface area contributed by atoms with Crippen molar-refractivity contribution in [2.24, 2.45) is 0 Å². The molecule has 0 saturated carbocycles. The maximum Gasteiger partial charge on any atom is 0.410 e. The first-order valence-electron chi connectivity index (χ1n) is 18.2. The Hall–Kier alpha value is -4.04. The quantitative estimate of drug-likeness (QED) is 0.406. The van der Waals surface area contributed by atoms with Crippen LogP contribution in [0.4, 0.5) is 20.1 Å². The van der Waals surface area contributed by atoms with Gasteiger partial charge in [0.2, 0.25) is 0 Å². The van der Waals surface area contributed by atoms with Gasteiger partial charge in [-0.1, -0.05) is 24.3 Å². The predicted molar refractivity (Wildman–Crippen MR) is 195 cm³/mol. The number of rotatable bonds is 7. The number of hydrogen-bond donors (Lipinski definition) is 2. The van der Waals surface area contributed by atoms with Crippen molar-refractivity contribution in [1.29, 1.82) is 0 Å². The Bertz CT molecular complexity index is 1580. The van der Waals surface area contributed by atoms with E-state index < -0.39 is 12.2 Å². The van der Waals surface area contributed by atoms with Gasteiger partial charge in [0.05, 0.1) is 11.1 Å². The van der Waals surface area contributed by atoms with Gasteiger partial charge >= 0.3 is 18.2 Å². The molecular formula is C37H49BrN6O7. The van der Waals surface area contributed by atoms with E-state index in [4.69, 9.17) is 9.47 Å². The number of carbonyl (C=O) groups excluding carboxylic acids is 4. The number of likely N-dealkylation sites (tertiary alicyclic amines) is 2. The molecule has 2 atom stereocenters. The van der Waals surface area contributed by atoms with Crippen LogP contribution < -0.4 is 5.32 Å². The lowest BCUT2D eigenvalue weighted by atomic mass is 9.98. The third-order valence-electron chi connectivity index (χ3n) is 10.7. The number of urea groups is 1. The van der Waals surface area contributed by atoms with Crippen LogP contribution in [0.2, 0.25) is 0 Å². The summed E-state index contributed by atoms with van der Waals surface area (Å²) in [5.74, 6) is -0.148. The van der Waals surface area contributed by atoms with Crippen LogP contribution in [-0.4, -0.2) is 137 Å². The first-order valence-corrected chi connectivity index (χ1v) is 18.9. The molecule has 51 heavy (non-hydrogen) atoms. The highest BCUT2D eigenvalue weighted by Gasteiger charge is 2.38. The van der Waals surface area contributed by atoms with Gasteiger partial charge in [0, 0.05) is 82.6 Å². The highest BCUT2D eigenvalue weighted by atomic mass is 79.9. The molecule has 2 aromatic carbocycles. The molecular weight excluding hydrogens is 720 g/mol. The van der Waals surface area contributed by atoms with Crippen molar-refractivity contribution in [2.45, 2.75) is 76.6 Å². The molecule has 1 unspecified atom stereocenters. The number of piperazine rings is 1. The zero-order chi connectivity index (χ0) is 36.1. The minimum absolute atomic E-state index is 0.00714. The summed E-state index contributed by atoms with van der Waals surface area (Å²) >= 11 is 3.36. The third-order valence-corrected chi connectivity index (χ3v) is 11.3. The fourth-order valence-electron chi connectivity index (χ4n) is 7.88. The van der Waals surface area contributed by atoms with Crippen LogP contribution >= 0.6 is 15.9 Å². The number of benzene rings is 2. The summed E-state index contributed by atoms with van der Waals surface area (Å²) in [7, 11) is 0. The Morgan fingerprint density at radius 1 is 0.902 bits per heavy atom. The van der Waals surface area contributed by atoms with Crippen LogP contribution in [0.1, 0.15) is 50.7 Å². The van der Waals surface area contributed by atoms with Crippen LogP contribution in [0.3, 0.4) is 0 Å². The number of ether oxygens (including phenoxy) is 2. The van der Waals surface area contributed by atoms with E-state index in [0.29, 0.717) is 69.7 Å². The molecule has 4 heterocycles. The van der Waals surface area contributed by atoms with Gasteiger partial charge in [-0.05, 0) is 91.2 Å². The van der Waals surface area contributed by atoms with Gasteiger partial charge in [0.1, 0.15) is 5.75 Å². The maximum atomic E-state index is 14.1. The minimum atomic E-state index is -1.04. The summed E-state index contributed by atoms with van der Waals surface area (Å²) in [5, 5.41) is 13.1. The molecule has 5 amide bonds. The van der Waals surface area contributed by atoms with E-state index in [0.717, 1.165) is 42.6 Å². The molecule has 6 rings (SSSR count). The molecule has 2 aromatic rings. The van der Waals surface area contributed by atoms with E-state index in [1.807, 2.05) is 36.1 Å². The van der Waals surface area contributed by atoms with Crippen molar-refractivity contribution in [3.8, 4) is 5.75 Å². The van der Waals surface area contributed by atoms with Gasteiger partial charge in [-0.25, -0.2) is 14.4 Å². The first kappa shape index (κ1) is 36.7. The lowest BCUT2D eigenvalue weighted by Crippen LogP contribution is -2.59. The van der Waals surface area contributed by atoms with Gasteiger partial charge in [-0.15, -0.1) is 0 Å². The maximum absolute atomic E-state index is 14.1. The molecule has 13 nitrogen and oxygen atoms in total. The first-order chi connectivity index (χ1) is 24.6. The number of hydrogen-bond acceptors (Lipinski definition) is 8. The topological polar surface area (TPSA) is 135 Å². The van der Waals surface area contributed by atoms with Gasteiger partial charge in [0.15, 0.2) is 6.10 Å². The van der Waals surface area contributed by atoms with Crippen molar-refractivity contribution in [3.63, 3.8) is 0 Å². The molecule has 0 bridgehead atoms. The number of para-hydroxylation sites is 1. The average molecular weight is 770 g/mol. The van der Waals surface area contributed by atoms with Crippen molar-refractivity contribution >= 4 is 45.7 Å². The number of halogens is 1. The Labute approximate surface area is 307 Å². The number of phenols is 1. The standard InChI is InChI=1S/C37H49BrN6O7/c1-3-50-36(48)42-20-21-43(25(2)24-42)28-11-15-40(16-12-28)34(46)33(23-26-8-9-32(45)30(38)22-26)51-37(49)41-17-13-29(14-18-41)44-19-10-27-6-4-5-7-31(27)39-35(44)47/h4-9,22,25,28-29,33,45H,3,10-21,23-24H2,1-2H3,(H,39,47)/t25?,33-/m1/s1. The molecule has 14 heteroatoms. The molecule has 0 radical (unpaired) electrons. The van der Waals surface area contributed by atoms with E-state index in [2.05, 4.69) is 33.1 Å². The van der Waals surface area contributed by atoms with Gasteiger partial charge in [-0.3, -0.25) is 9.69 Å². The zero-order valence-electron chi connectivity index (χ0n) is 29.5. The van der Waals surface area contributed by atoms with Gasteiger partial charge < -0.3 is 39.5 Å². The Kier molecular flexibility index (Phi) is 11.9. The summed E-state index contributed by atoms with van der Waals surface area (Å²) in [5.41, 5.74) is 2.70. The number of carbonyl (C=O) groups is 4. The Balaban J connectivity index is 1.05. The van der Waals surface area contributed by atoms with Crippen LogP contribution in [0.25, 0.3) is 0 Å². The normalized spacial score (nSPS) is 21.4. The second-order valence-corrected chi connectivity index (χ2v) is 14.8. The Morgan fingerprint density at radius 2 is 1.61 bits per heavy atom. The van der Waals surface area contributed by atoms with Gasteiger partial charge in [0.25, 0.3) is 5.91 Å². The molecule has 3 saturated heterocycles. The number of aromatic hydroxyl groups is 1. The summed E-state index contributed by atoms with van der Waals surface area (Å²) in [6.07, 6.45) is 1.87. The van der Waals surface area contributed by atoms with Crippen LogP contribution in [0, 0.1) is 0 Å². The van der Waals surface area contributed by atoms with E-state index in [-0.39, 0.29) is 48.3 Å². The van der Waals surface area contributed by atoms with Crippen molar-refractivity contribution < 1.29 is 33.8 Å².